The highest BCUT2D eigenvalue weighted by Crippen LogP contribution is 2.10. The smallest absolute Gasteiger partial charge is 0.241 e. The van der Waals surface area contributed by atoms with E-state index in [4.69, 9.17) is 5.73 Å². The highest BCUT2D eigenvalue weighted by Gasteiger charge is 2.12. The summed E-state index contributed by atoms with van der Waals surface area (Å²) in [5.74, 6) is 0.174. The molecule has 0 aliphatic rings. The second-order valence-electron chi connectivity index (χ2n) is 3.39. The van der Waals surface area contributed by atoms with Crippen molar-refractivity contribution in [1.82, 2.24) is 0 Å². The molecule has 3 N–H and O–H groups in total. The molecule has 0 heterocycles. The Morgan fingerprint density at radius 2 is 2.38 bits per heavy atom. The van der Waals surface area contributed by atoms with Crippen molar-refractivity contribution in [1.29, 1.82) is 0 Å². The molecule has 16 heavy (non-hydrogen) atoms. The molecule has 0 saturated heterocycles. The minimum atomic E-state index is -0.546. The highest BCUT2D eigenvalue weighted by molar-refractivity contribution is 7.98. The first kappa shape index (κ1) is 13.0. The van der Waals surface area contributed by atoms with Crippen molar-refractivity contribution in [3.05, 3.63) is 30.1 Å². The van der Waals surface area contributed by atoms with Gasteiger partial charge in [0, 0.05) is 5.69 Å². The van der Waals surface area contributed by atoms with E-state index in [1.807, 2.05) is 6.26 Å². The fourth-order valence-electron chi connectivity index (χ4n) is 1.18. The largest absolute Gasteiger partial charge is 0.325 e. The topological polar surface area (TPSA) is 55.1 Å². The average Bonchev–Trinajstić information content (AvgIpc) is 2.25. The molecule has 1 aromatic carbocycles. The lowest BCUT2D eigenvalue weighted by Crippen LogP contribution is -2.36. The third-order valence-corrected chi connectivity index (χ3v) is 2.71. The van der Waals surface area contributed by atoms with Gasteiger partial charge in [0.2, 0.25) is 5.91 Å². The Kier molecular flexibility index (Phi) is 5.28. The van der Waals surface area contributed by atoms with Crippen LogP contribution in [0.1, 0.15) is 6.42 Å². The zero-order valence-corrected chi connectivity index (χ0v) is 9.89. The third-order valence-electron chi connectivity index (χ3n) is 2.06. The molecule has 0 aliphatic carbocycles. The number of carbonyl (C=O) groups is 1. The normalized spacial score (nSPS) is 12.2. The number of rotatable bonds is 5. The van der Waals surface area contributed by atoms with Crippen LogP contribution in [0.25, 0.3) is 0 Å². The van der Waals surface area contributed by atoms with Crippen molar-refractivity contribution in [2.75, 3.05) is 17.3 Å². The average molecular weight is 242 g/mol. The summed E-state index contributed by atoms with van der Waals surface area (Å²) in [5, 5.41) is 2.58. The molecule has 0 fully saturated rings. The van der Waals surface area contributed by atoms with Gasteiger partial charge < -0.3 is 11.1 Å². The van der Waals surface area contributed by atoms with Gasteiger partial charge in [0.1, 0.15) is 5.82 Å². The second-order valence-corrected chi connectivity index (χ2v) is 4.37. The van der Waals surface area contributed by atoms with E-state index in [1.54, 1.807) is 23.9 Å². The van der Waals surface area contributed by atoms with Gasteiger partial charge in [0.25, 0.3) is 0 Å². The molecular weight excluding hydrogens is 227 g/mol. The van der Waals surface area contributed by atoms with E-state index in [2.05, 4.69) is 5.32 Å². The number of hydrogen-bond acceptors (Lipinski definition) is 3. The van der Waals surface area contributed by atoms with Crippen LogP contribution in [-0.4, -0.2) is 24.0 Å². The lowest BCUT2D eigenvalue weighted by molar-refractivity contribution is -0.117. The maximum absolute atomic E-state index is 12.8. The first-order chi connectivity index (χ1) is 7.63. The van der Waals surface area contributed by atoms with E-state index in [0.717, 1.165) is 5.75 Å². The quantitative estimate of drug-likeness (QED) is 0.828. The lowest BCUT2D eigenvalue weighted by Gasteiger charge is -2.11. The molecule has 0 spiro atoms. The van der Waals surface area contributed by atoms with Crippen molar-refractivity contribution in [3.63, 3.8) is 0 Å². The minimum absolute atomic E-state index is 0.278. The molecule has 0 aromatic heterocycles. The monoisotopic (exact) mass is 242 g/mol. The van der Waals surface area contributed by atoms with Gasteiger partial charge in [-0.2, -0.15) is 11.8 Å². The SMILES string of the molecule is CSCC[C@@H](N)C(=O)Nc1cccc(F)c1. The Morgan fingerprint density at radius 3 is 3.00 bits per heavy atom. The van der Waals surface area contributed by atoms with E-state index < -0.39 is 6.04 Å². The Balaban J connectivity index is 2.50. The van der Waals surface area contributed by atoms with Crippen molar-refractivity contribution in [2.45, 2.75) is 12.5 Å². The molecule has 1 amide bonds. The molecule has 1 rings (SSSR count). The predicted octanol–water partition coefficient (Wildman–Crippen LogP) is 1.84. The molecule has 1 aromatic rings. The van der Waals surface area contributed by atoms with Crippen molar-refractivity contribution < 1.29 is 9.18 Å². The van der Waals surface area contributed by atoms with Crippen molar-refractivity contribution >= 4 is 23.4 Å². The first-order valence-electron chi connectivity index (χ1n) is 4.94. The molecule has 0 saturated carbocycles. The number of benzene rings is 1. The first-order valence-corrected chi connectivity index (χ1v) is 6.34. The molecule has 0 aliphatic heterocycles. The van der Waals surface area contributed by atoms with Crippen LogP contribution in [0.4, 0.5) is 10.1 Å². The molecule has 3 nitrogen and oxygen atoms in total. The molecule has 1 atom stereocenters. The molecular formula is C11H15FN2OS. The fourth-order valence-corrected chi connectivity index (χ4v) is 1.67. The van der Waals surface area contributed by atoms with E-state index in [1.165, 1.54) is 12.1 Å². The summed E-state index contributed by atoms with van der Waals surface area (Å²) in [4.78, 5) is 11.6. The van der Waals surface area contributed by atoms with Crippen LogP contribution in [0.5, 0.6) is 0 Å². The van der Waals surface area contributed by atoms with Crippen LogP contribution in [-0.2, 0) is 4.79 Å². The number of anilines is 1. The molecule has 0 radical (unpaired) electrons. The summed E-state index contributed by atoms with van der Waals surface area (Å²) >= 11 is 1.64. The molecule has 0 bridgehead atoms. The molecule has 88 valence electrons. The highest BCUT2D eigenvalue weighted by atomic mass is 32.2. The Hall–Kier alpha value is -1.07. The van der Waals surface area contributed by atoms with E-state index in [0.29, 0.717) is 12.1 Å². The molecule has 0 unspecified atom stereocenters. The number of amides is 1. The van der Waals surface area contributed by atoms with Crippen LogP contribution in [0.3, 0.4) is 0 Å². The summed E-state index contributed by atoms with van der Waals surface area (Å²) in [7, 11) is 0. The maximum atomic E-state index is 12.8. The fraction of sp³-hybridized carbons (Fsp3) is 0.364. The van der Waals surface area contributed by atoms with Crippen LogP contribution in [0.15, 0.2) is 24.3 Å². The van der Waals surface area contributed by atoms with Gasteiger partial charge in [0.05, 0.1) is 6.04 Å². The van der Waals surface area contributed by atoms with Gasteiger partial charge in [-0.3, -0.25) is 4.79 Å². The number of nitrogens with one attached hydrogen (secondary N) is 1. The van der Waals surface area contributed by atoms with Gasteiger partial charge in [0.15, 0.2) is 0 Å². The Labute approximate surface area is 98.6 Å². The zero-order chi connectivity index (χ0) is 12.0. The van der Waals surface area contributed by atoms with Gasteiger partial charge in [-0.05, 0) is 36.6 Å². The van der Waals surface area contributed by atoms with Crippen LogP contribution in [0, 0.1) is 5.82 Å². The van der Waals surface area contributed by atoms with Crippen LogP contribution in [0.2, 0.25) is 0 Å². The summed E-state index contributed by atoms with van der Waals surface area (Å²) in [6.45, 7) is 0. The zero-order valence-electron chi connectivity index (χ0n) is 9.07. The number of nitrogens with two attached hydrogens (primary N) is 1. The number of halogens is 1. The van der Waals surface area contributed by atoms with Crippen molar-refractivity contribution in [3.8, 4) is 0 Å². The van der Waals surface area contributed by atoms with Crippen molar-refractivity contribution in [2.24, 2.45) is 5.73 Å². The summed E-state index contributed by atoms with van der Waals surface area (Å²) < 4.78 is 12.8. The van der Waals surface area contributed by atoms with E-state index >= 15 is 0 Å². The minimum Gasteiger partial charge on any atom is -0.325 e. The summed E-state index contributed by atoms with van der Waals surface area (Å²) in [5.41, 5.74) is 6.10. The standard InChI is InChI=1S/C11H15FN2OS/c1-16-6-5-10(13)11(15)14-9-4-2-3-8(12)7-9/h2-4,7,10H,5-6,13H2,1H3,(H,14,15)/t10-/m1/s1. The Bertz CT molecular complexity index is 360. The number of thioether (sulfide) groups is 1. The van der Waals surface area contributed by atoms with E-state index in [-0.39, 0.29) is 11.7 Å². The maximum Gasteiger partial charge on any atom is 0.241 e. The molecule has 5 heteroatoms. The summed E-state index contributed by atoms with van der Waals surface area (Å²) in [6.07, 6.45) is 2.57. The van der Waals surface area contributed by atoms with Gasteiger partial charge >= 0.3 is 0 Å². The van der Waals surface area contributed by atoms with E-state index in [9.17, 15) is 9.18 Å². The predicted molar refractivity (Wildman–Crippen MR) is 66.0 cm³/mol. The number of hydrogen-bond donors (Lipinski definition) is 2. The van der Waals surface area contributed by atoms with Gasteiger partial charge in [-0.15, -0.1) is 0 Å². The van der Waals surface area contributed by atoms with Crippen LogP contribution < -0.4 is 11.1 Å². The van der Waals surface area contributed by atoms with Gasteiger partial charge in [-0.25, -0.2) is 4.39 Å². The number of carbonyl (C=O) groups excluding carboxylic acids is 1. The summed E-state index contributed by atoms with van der Waals surface area (Å²) in [6, 6.07) is 5.21. The second kappa shape index (κ2) is 6.50. The lowest BCUT2D eigenvalue weighted by atomic mass is 10.2. The van der Waals surface area contributed by atoms with Crippen LogP contribution >= 0.6 is 11.8 Å². The Morgan fingerprint density at radius 1 is 1.62 bits per heavy atom. The third kappa shape index (κ3) is 4.20. The van der Waals surface area contributed by atoms with Gasteiger partial charge in [-0.1, -0.05) is 6.07 Å².